The second-order valence-corrected chi connectivity index (χ2v) is 6.76. The van der Waals surface area contributed by atoms with Crippen LogP contribution in [-0.4, -0.2) is 45.1 Å². The number of aromatic nitrogens is 1. The van der Waals surface area contributed by atoms with E-state index in [0.29, 0.717) is 11.1 Å². The van der Waals surface area contributed by atoms with Crippen LogP contribution in [0.15, 0.2) is 12.1 Å². The second-order valence-electron chi connectivity index (χ2n) is 3.82. The van der Waals surface area contributed by atoms with Crippen molar-refractivity contribution in [3.05, 3.63) is 22.8 Å². The van der Waals surface area contributed by atoms with Crippen molar-refractivity contribution in [2.75, 3.05) is 29.1 Å². The van der Waals surface area contributed by atoms with Gasteiger partial charge >= 0.3 is 5.97 Å². The topological polar surface area (TPSA) is 62.2 Å². The third-order valence-electron chi connectivity index (χ3n) is 2.44. The molecule has 2 heterocycles. The number of hydrogen-bond donors (Lipinski definition) is 2. The van der Waals surface area contributed by atoms with Crippen molar-refractivity contribution >= 4 is 46.9 Å². The smallest absolute Gasteiger partial charge is 0.335 e. The number of aromatic carboxylic acids is 1. The van der Waals surface area contributed by atoms with Gasteiger partial charge in [0.15, 0.2) is 0 Å². The first-order valence-corrected chi connectivity index (χ1v) is 8.07. The number of nitrogens with one attached hydrogen (secondary N) is 1. The van der Waals surface area contributed by atoms with Gasteiger partial charge in [-0.05, 0) is 12.1 Å². The van der Waals surface area contributed by atoms with Gasteiger partial charge in [0.05, 0.1) is 5.56 Å². The third kappa shape index (κ3) is 3.96. The summed E-state index contributed by atoms with van der Waals surface area (Å²) >= 11 is 9.68. The summed E-state index contributed by atoms with van der Waals surface area (Å²) in [6.45, 7) is 0.782. The Morgan fingerprint density at radius 2 is 2.39 bits per heavy atom. The van der Waals surface area contributed by atoms with Crippen molar-refractivity contribution in [3.63, 3.8) is 0 Å². The Morgan fingerprint density at radius 1 is 1.56 bits per heavy atom. The molecule has 0 bridgehead atoms. The summed E-state index contributed by atoms with van der Waals surface area (Å²) < 4.78 is 0. The number of halogens is 1. The zero-order valence-electron chi connectivity index (χ0n) is 9.56. The molecule has 2 N–H and O–H groups in total. The van der Waals surface area contributed by atoms with E-state index < -0.39 is 5.97 Å². The lowest BCUT2D eigenvalue weighted by Gasteiger charge is -2.21. The lowest BCUT2D eigenvalue weighted by atomic mass is 10.2. The van der Waals surface area contributed by atoms with Crippen molar-refractivity contribution in [3.8, 4) is 0 Å². The molecule has 1 fully saturated rings. The number of nitrogens with zero attached hydrogens (tertiary/aromatic N) is 1. The van der Waals surface area contributed by atoms with Crippen LogP contribution in [0, 0.1) is 0 Å². The first-order chi connectivity index (χ1) is 8.65. The molecule has 1 atom stereocenters. The maximum absolute atomic E-state index is 10.9. The van der Waals surface area contributed by atoms with Crippen LogP contribution in [0.4, 0.5) is 5.82 Å². The summed E-state index contributed by atoms with van der Waals surface area (Å²) in [4.78, 5) is 15.0. The number of carbonyl (C=O) groups is 1. The molecule has 0 radical (unpaired) electrons. The van der Waals surface area contributed by atoms with Crippen molar-refractivity contribution in [2.24, 2.45) is 0 Å². The Labute approximate surface area is 119 Å². The van der Waals surface area contributed by atoms with Crippen LogP contribution < -0.4 is 5.32 Å². The van der Waals surface area contributed by atoms with E-state index in [1.807, 2.05) is 23.5 Å². The minimum atomic E-state index is -0.995. The molecule has 1 aliphatic rings. The van der Waals surface area contributed by atoms with E-state index in [4.69, 9.17) is 16.7 Å². The molecule has 1 aromatic heterocycles. The molecule has 0 aliphatic carbocycles. The van der Waals surface area contributed by atoms with E-state index >= 15 is 0 Å². The summed E-state index contributed by atoms with van der Waals surface area (Å²) in [6.07, 6.45) is 0. The zero-order chi connectivity index (χ0) is 13.0. The van der Waals surface area contributed by atoms with E-state index in [0.717, 1.165) is 12.3 Å². The van der Waals surface area contributed by atoms with Crippen molar-refractivity contribution in [2.45, 2.75) is 5.25 Å². The normalized spacial score (nSPS) is 19.5. The highest BCUT2D eigenvalue weighted by atomic mass is 35.5. The molecule has 1 unspecified atom stereocenters. The molecule has 1 aliphatic heterocycles. The molecule has 2 rings (SSSR count). The fourth-order valence-electron chi connectivity index (χ4n) is 1.58. The minimum Gasteiger partial charge on any atom is -0.478 e. The predicted molar refractivity (Wildman–Crippen MR) is 78.3 cm³/mol. The van der Waals surface area contributed by atoms with Crippen LogP contribution in [0.1, 0.15) is 10.4 Å². The van der Waals surface area contributed by atoms with E-state index in [-0.39, 0.29) is 10.7 Å². The van der Waals surface area contributed by atoms with Crippen LogP contribution in [0.25, 0.3) is 0 Å². The van der Waals surface area contributed by atoms with Gasteiger partial charge in [-0.1, -0.05) is 11.6 Å². The van der Waals surface area contributed by atoms with Gasteiger partial charge in [0.25, 0.3) is 0 Å². The van der Waals surface area contributed by atoms with Gasteiger partial charge < -0.3 is 10.4 Å². The van der Waals surface area contributed by atoms with Crippen LogP contribution in [0.3, 0.4) is 0 Å². The van der Waals surface area contributed by atoms with Gasteiger partial charge in [-0.25, -0.2) is 9.78 Å². The molecule has 4 nitrogen and oxygen atoms in total. The molecule has 0 amide bonds. The van der Waals surface area contributed by atoms with Gasteiger partial charge in [-0.3, -0.25) is 0 Å². The molecule has 0 saturated carbocycles. The molecule has 1 saturated heterocycles. The molecule has 0 spiro atoms. The predicted octanol–water partition coefficient (Wildman–Crippen LogP) is 2.69. The summed E-state index contributed by atoms with van der Waals surface area (Å²) in [5, 5.41) is 12.8. The summed E-state index contributed by atoms with van der Waals surface area (Å²) in [5.74, 6) is 3.02. The molecule has 1 aromatic rings. The molecule has 7 heteroatoms. The monoisotopic (exact) mass is 304 g/mol. The standard InChI is InChI=1S/C11H13ClN2O2S2/c12-9-3-7(11(15)16)4-10(14-9)13-5-8-6-17-1-2-18-8/h3-4,8H,1-2,5-6H2,(H,13,14)(H,15,16). The van der Waals surface area contributed by atoms with Gasteiger partial charge in [0, 0.05) is 29.1 Å². The van der Waals surface area contributed by atoms with Gasteiger partial charge in [0.2, 0.25) is 0 Å². The lowest BCUT2D eigenvalue weighted by Crippen LogP contribution is -2.23. The van der Waals surface area contributed by atoms with Gasteiger partial charge in [0.1, 0.15) is 11.0 Å². The Morgan fingerprint density at radius 3 is 3.06 bits per heavy atom. The molecule has 0 aromatic carbocycles. The van der Waals surface area contributed by atoms with Crippen LogP contribution in [0.2, 0.25) is 5.15 Å². The maximum atomic E-state index is 10.9. The quantitative estimate of drug-likeness (QED) is 0.834. The highest BCUT2D eigenvalue weighted by Gasteiger charge is 2.14. The zero-order valence-corrected chi connectivity index (χ0v) is 11.9. The number of rotatable bonds is 4. The van der Waals surface area contributed by atoms with E-state index in [1.54, 1.807) is 0 Å². The van der Waals surface area contributed by atoms with Gasteiger partial charge in [-0.2, -0.15) is 23.5 Å². The number of pyridine rings is 1. The summed E-state index contributed by atoms with van der Waals surface area (Å²) in [6, 6.07) is 2.86. The van der Waals surface area contributed by atoms with Crippen LogP contribution in [-0.2, 0) is 0 Å². The van der Waals surface area contributed by atoms with Crippen LogP contribution in [0.5, 0.6) is 0 Å². The number of hydrogen-bond acceptors (Lipinski definition) is 5. The van der Waals surface area contributed by atoms with Crippen molar-refractivity contribution in [1.29, 1.82) is 0 Å². The molecular formula is C11H13ClN2O2S2. The molecule has 98 valence electrons. The van der Waals surface area contributed by atoms with E-state index in [9.17, 15) is 4.79 Å². The molecule has 18 heavy (non-hydrogen) atoms. The largest absolute Gasteiger partial charge is 0.478 e. The Bertz CT molecular complexity index is 439. The highest BCUT2D eigenvalue weighted by Crippen LogP contribution is 2.24. The van der Waals surface area contributed by atoms with Gasteiger partial charge in [-0.15, -0.1) is 0 Å². The average Bonchev–Trinajstić information content (AvgIpc) is 2.37. The third-order valence-corrected chi connectivity index (χ3v) is 5.48. The van der Waals surface area contributed by atoms with Crippen molar-refractivity contribution in [1.82, 2.24) is 4.98 Å². The average molecular weight is 305 g/mol. The highest BCUT2D eigenvalue weighted by molar-refractivity contribution is 8.06. The first kappa shape index (κ1) is 13.8. The number of carboxylic acid groups (broad SMARTS) is 1. The Hall–Kier alpha value is -0.590. The summed E-state index contributed by atoms with van der Waals surface area (Å²) in [7, 11) is 0. The second kappa shape index (κ2) is 6.54. The Balaban J connectivity index is 1.97. The number of anilines is 1. The Kier molecular flexibility index (Phi) is 5.03. The van der Waals surface area contributed by atoms with E-state index in [1.165, 1.54) is 23.6 Å². The first-order valence-electron chi connectivity index (χ1n) is 5.49. The minimum absolute atomic E-state index is 0.156. The van der Waals surface area contributed by atoms with E-state index in [2.05, 4.69) is 10.3 Å². The summed E-state index contributed by atoms with van der Waals surface area (Å²) in [5.41, 5.74) is 0.156. The van der Waals surface area contributed by atoms with Crippen molar-refractivity contribution < 1.29 is 9.90 Å². The van der Waals surface area contributed by atoms with Crippen LogP contribution >= 0.6 is 35.1 Å². The number of carboxylic acids is 1. The SMILES string of the molecule is O=C(O)c1cc(Cl)nc(NCC2CSCCS2)c1. The fraction of sp³-hybridized carbons (Fsp3) is 0.455. The molecular weight excluding hydrogens is 292 g/mol. The lowest BCUT2D eigenvalue weighted by molar-refractivity contribution is 0.0697. The fourth-order valence-corrected chi connectivity index (χ4v) is 4.40. The number of thioether (sulfide) groups is 2. The maximum Gasteiger partial charge on any atom is 0.335 e.